The Morgan fingerprint density at radius 2 is 2.00 bits per heavy atom. The lowest BCUT2D eigenvalue weighted by molar-refractivity contribution is -0.140. The van der Waals surface area contributed by atoms with Crippen LogP contribution in [0.3, 0.4) is 0 Å². The summed E-state index contributed by atoms with van der Waals surface area (Å²) in [4.78, 5) is 22.4. The van der Waals surface area contributed by atoms with Crippen LogP contribution in [0.25, 0.3) is 0 Å². The van der Waals surface area contributed by atoms with Crippen LogP contribution in [-0.4, -0.2) is 32.1 Å². The van der Waals surface area contributed by atoms with Crippen LogP contribution in [0.15, 0.2) is 0 Å². The van der Waals surface area contributed by atoms with Crippen molar-refractivity contribution in [2.24, 2.45) is 17.6 Å². The van der Waals surface area contributed by atoms with Crippen molar-refractivity contribution in [3.05, 3.63) is 0 Å². The largest absolute Gasteiger partial charge is 0.469 e. The number of hydrogen-bond acceptors (Lipinski definition) is 4. The van der Waals surface area contributed by atoms with E-state index in [4.69, 9.17) is 5.73 Å². The number of methoxy groups -OCH3 is 1. The number of carbonyl (C=O) groups is 2. The van der Waals surface area contributed by atoms with Gasteiger partial charge in [0.2, 0.25) is 5.91 Å². The lowest BCUT2D eigenvalue weighted by Crippen LogP contribution is -2.30. The first-order valence-electron chi connectivity index (χ1n) is 6.03. The van der Waals surface area contributed by atoms with Crippen molar-refractivity contribution in [2.45, 2.75) is 33.1 Å². The van der Waals surface area contributed by atoms with Crippen molar-refractivity contribution in [3.8, 4) is 0 Å². The Morgan fingerprint density at radius 1 is 1.35 bits per heavy atom. The van der Waals surface area contributed by atoms with Crippen LogP contribution in [0.2, 0.25) is 0 Å². The molecule has 0 aliphatic carbocycles. The number of amides is 1. The van der Waals surface area contributed by atoms with Gasteiger partial charge in [-0.3, -0.25) is 9.59 Å². The van der Waals surface area contributed by atoms with Crippen LogP contribution in [0.1, 0.15) is 33.1 Å². The standard InChI is InChI=1S/C12H24N2O3/c1-9(2)6-10(8-13)7-11(15)14-5-4-12(16)17-3/h9-10H,4-8,13H2,1-3H3,(H,14,15)/t10-/m0/s1. The van der Waals surface area contributed by atoms with E-state index in [9.17, 15) is 9.59 Å². The first-order valence-corrected chi connectivity index (χ1v) is 6.03. The molecule has 0 aromatic carbocycles. The van der Waals surface area contributed by atoms with Crippen LogP contribution in [0, 0.1) is 11.8 Å². The summed E-state index contributed by atoms with van der Waals surface area (Å²) in [5.41, 5.74) is 5.61. The zero-order valence-electron chi connectivity index (χ0n) is 11.0. The summed E-state index contributed by atoms with van der Waals surface area (Å²) in [6.07, 6.45) is 1.58. The molecule has 5 heteroatoms. The molecule has 100 valence electrons. The molecule has 0 unspecified atom stereocenters. The van der Waals surface area contributed by atoms with Crippen LogP contribution in [0.4, 0.5) is 0 Å². The molecule has 0 fully saturated rings. The maximum atomic E-state index is 11.5. The van der Waals surface area contributed by atoms with Crippen LogP contribution >= 0.6 is 0 Å². The Hall–Kier alpha value is -1.10. The van der Waals surface area contributed by atoms with E-state index in [1.54, 1.807) is 0 Å². The zero-order chi connectivity index (χ0) is 13.3. The Labute approximate surface area is 103 Å². The molecular weight excluding hydrogens is 220 g/mol. The van der Waals surface area contributed by atoms with Gasteiger partial charge in [0.05, 0.1) is 13.5 Å². The monoisotopic (exact) mass is 244 g/mol. The van der Waals surface area contributed by atoms with Gasteiger partial charge in [-0.05, 0) is 24.8 Å². The number of hydrogen-bond donors (Lipinski definition) is 2. The fourth-order valence-corrected chi connectivity index (χ4v) is 1.67. The highest BCUT2D eigenvalue weighted by molar-refractivity contribution is 5.77. The van der Waals surface area contributed by atoms with Gasteiger partial charge in [0.25, 0.3) is 0 Å². The minimum Gasteiger partial charge on any atom is -0.469 e. The van der Waals surface area contributed by atoms with Crippen LogP contribution in [0.5, 0.6) is 0 Å². The summed E-state index contributed by atoms with van der Waals surface area (Å²) in [7, 11) is 1.33. The number of ether oxygens (including phenoxy) is 1. The minimum atomic E-state index is -0.317. The van der Waals surface area contributed by atoms with Gasteiger partial charge < -0.3 is 15.8 Å². The van der Waals surface area contributed by atoms with Crippen LogP contribution in [-0.2, 0) is 14.3 Å². The van der Waals surface area contributed by atoms with Crippen molar-refractivity contribution in [3.63, 3.8) is 0 Å². The van der Waals surface area contributed by atoms with Crippen molar-refractivity contribution < 1.29 is 14.3 Å². The summed E-state index contributed by atoms with van der Waals surface area (Å²) >= 11 is 0. The van der Waals surface area contributed by atoms with E-state index in [1.165, 1.54) is 7.11 Å². The average Bonchev–Trinajstić information content (AvgIpc) is 2.27. The molecule has 3 N–H and O–H groups in total. The average molecular weight is 244 g/mol. The number of esters is 1. The van der Waals surface area contributed by atoms with E-state index < -0.39 is 0 Å². The molecule has 1 atom stereocenters. The number of nitrogens with one attached hydrogen (secondary N) is 1. The molecule has 0 radical (unpaired) electrons. The van der Waals surface area contributed by atoms with E-state index in [2.05, 4.69) is 23.9 Å². The van der Waals surface area contributed by atoms with Gasteiger partial charge in [-0.25, -0.2) is 0 Å². The maximum Gasteiger partial charge on any atom is 0.307 e. The molecule has 0 rings (SSSR count). The first kappa shape index (κ1) is 15.9. The smallest absolute Gasteiger partial charge is 0.307 e. The molecule has 0 aromatic rings. The summed E-state index contributed by atoms with van der Waals surface area (Å²) in [6.45, 7) is 5.06. The zero-order valence-corrected chi connectivity index (χ0v) is 11.0. The van der Waals surface area contributed by atoms with E-state index in [0.717, 1.165) is 6.42 Å². The molecule has 0 aliphatic heterocycles. The topological polar surface area (TPSA) is 81.4 Å². The highest BCUT2D eigenvalue weighted by Crippen LogP contribution is 2.13. The predicted molar refractivity (Wildman–Crippen MR) is 66.3 cm³/mol. The number of rotatable bonds is 8. The Bertz CT molecular complexity index is 242. The van der Waals surface area contributed by atoms with E-state index in [0.29, 0.717) is 25.4 Å². The number of carbonyl (C=O) groups excluding carboxylic acids is 2. The lowest BCUT2D eigenvalue weighted by atomic mass is 9.94. The highest BCUT2D eigenvalue weighted by atomic mass is 16.5. The second kappa shape index (κ2) is 8.98. The quantitative estimate of drug-likeness (QED) is 0.615. The molecule has 0 aliphatic rings. The molecule has 17 heavy (non-hydrogen) atoms. The van der Waals surface area contributed by atoms with Gasteiger partial charge in [0.15, 0.2) is 0 Å². The molecule has 0 spiro atoms. The Balaban J connectivity index is 3.79. The van der Waals surface area contributed by atoms with Crippen molar-refractivity contribution in [1.82, 2.24) is 5.32 Å². The number of nitrogens with two attached hydrogens (primary N) is 1. The summed E-state index contributed by atoms with van der Waals surface area (Å²) in [5.74, 6) is 0.382. The summed E-state index contributed by atoms with van der Waals surface area (Å²) in [5, 5.41) is 2.69. The highest BCUT2D eigenvalue weighted by Gasteiger charge is 2.14. The third-order valence-corrected chi connectivity index (χ3v) is 2.49. The van der Waals surface area contributed by atoms with Gasteiger partial charge in [0, 0.05) is 13.0 Å². The second-order valence-electron chi connectivity index (χ2n) is 4.61. The SMILES string of the molecule is COC(=O)CCNC(=O)C[C@@H](CN)CC(C)C. The molecule has 0 aromatic heterocycles. The predicted octanol–water partition coefficient (Wildman–Crippen LogP) is 0.677. The second-order valence-corrected chi connectivity index (χ2v) is 4.61. The third-order valence-electron chi connectivity index (χ3n) is 2.49. The van der Waals surface area contributed by atoms with E-state index >= 15 is 0 Å². The van der Waals surface area contributed by atoms with Gasteiger partial charge >= 0.3 is 5.97 Å². The molecule has 1 amide bonds. The third kappa shape index (κ3) is 8.68. The normalized spacial score (nSPS) is 12.3. The van der Waals surface area contributed by atoms with Crippen molar-refractivity contribution in [2.75, 3.05) is 20.2 Å². The van der Waals surface area contributed by atoms with Crippen molar-refractivity contribution in [1.29, 1.82) is 0 Å². The molecule has 0 saturated heterocycles. The minimum absolute atomic E-state index is 0.0509. The summed E-state index contributed by atoms with van der Waals surface area (Å²) < 4.78 is 4.48. The molecule has 0 bridgehead atoms. The lowest BCUT2D eigenvalue weighted by Gasteiger charge is -2.16. The van der Waals surface area contributed by atoms with Crippen molar-refractivity contribution >= 4 is 11.9 Å². The Morgan fingerprint density at radius 3 is 2.47 bits per heavy atom. The fourth-order valence-electron chi connectivity index (χ4n) is 1.67. The fraction of sp³-hybridized carbons (Fsp3) is 0.833. The van der Waals surface area contributed by atoms with Gasteiger partial charge in [-0.1, -0.05) is 13.8 Å². The van der Waals surface area contributed by atoms with Gasteiger partial charge in [-0.15, -0.1) is 0 Å². The molecule has 0 heterocycles. The van der Waals surface area contributed by atoms with E-state index in [-0.39, 0.29) is 24.2 Å². The van der Waals surface area contributed by atoms with E-state index in [1.807, 2.05) is 0 Å². The van der Waals surface area contributed by atoms with Gasteiger partial charge in [0.1, 0.15) is 0 Å². The molecule has 0 saturated carbocycles. The van der Waals surface area contributed by atoms with Gasteiger partial charge in [-0.2, -0.15) is 0 Å². The molecular formula is C12H24N2O3. The summed E-state index contributed by atoms with van der Waals surface area (Å²) in [6, 6.07) is 0. The Kier molecular flexibility index (Phi) is 8.40. The molecule has 5 nitrogen and oxygen atoms in total. The van der Waals surface area contributed by atoms with Crippen LogP contribution < -0.4 is 11.1 Å². The first-order chi connectivity index (χ1) is 7.99. The maximum absolute atomic E-state index is 11.5.